The van der Waals surface area contributed by atoms with Crippen LogP contribution in [0.25, 0.3) is 11.3 Å². The Balaban J connectivity index is 1.48. The number of nitrogens with zero attached hydrogens (tertiary/aromatic N) is 2. The van der Waals surface area contributed by atoms with E-state index < -0.39 is 0 Å². The molecule has 1 N–H and O–H groups in total. The Morgan fingerprint density at radius 2 is 1.96 bits per heavy atom. The molecule has 0 saturated carbocycles. The quantitative estimate of drug-likeness (QED) is 0.666. The number of ether oxygens (including phenoxy) is 2. The summed E-state index contributed by atoms with van der Waals surface area (Å²) in [6.45, 7) is 0.616. The third-order valence-corrected chi connectivity index (χ3v) is 3.41. The number of nitrogens with one attached hydrogen (secondary N) is 1. The van der Waals surface area contributed by atoms with Gasteiger partial charge < -0.3 is 19.2 Å². The molecule has 25 heavy (non-hydrogen) atoms. The molecule has 7 heteroatoms. The molecule has 0 saturated heterocycles. The molecule has 3 rings (SSSR count). The maximum Gasteiger partial charge on any atom is 0.287 e. The van der Waals surface area contributed by atoms with Crippen LogP contribution in [0.3, 0.4) is 0 Å². The summed E-state index contributed by atoms with van der Waals surface area (Å²) in [5.74, 6) is 1.16. The van der Waals surface area contributed by atoms with Crippen molar-refractivity contribution < 1.29 is 18.7 Å². The number of methoxy groups -OCH3 is 1. The van der Waals surface area contributed by atoms with Gasteiger partial charge in [0, 0.05) is 11.6 Å². The topological polar surface area (TPSA) is 86.5 Å². The molecule has 128 valence electrons. The molecule has 2 heterocycles. The molecule has 0 atom stereocenters. The van der Waals surface area contributed by atoms with Crippen molar-refractivity contribution in [2.45, 2.75) is 0 Å². The number of hydrogen-bond donors (Lipinski definition) is 1. The molecule has 0 aliphatic rings. The first-order valence-electron chi connectivity index (χ1n) is 7.69. The van der Waals surface area contributed by atoms with E-state index in [1.54, 1.807) is 25.3 Å². The summed E-state index contributed by atoms with van der Waals surface area (Å²) in [5, 5.41) is 10.9. The lowest BCUT2D eigenvalue weighted by molar-refractivity contribution is 0.0919. The molecular weight excluding hydrogens is 322 g/mol. The zero-order valence-corrected chi connectivity index (χ0v) is 13.6. The standard InChI is InChI=1S/C18H17N3O4/c1-23-14-6-4-13(5-7-14)15-8-9-17(21-20-15)25-12-10-19-18(22)16-3-2-11-24-16/h2-9,11H,10,12H2,1H3,(H,19,22). The highest BCUT2D eigenvalue weighted by molar-refractivity contribution is 5.91. The number of amides is 1. The van der Waals surface area contributed by atoms with E-state index in [0.29, 0.717) is 12.4 Å². The van der Waals surface area contributed by atoms with Gasteiger partial charge in [-0.15, -0.1) is 10.2 Å². The lowest BCUT2D eigenvalue weighted by atomic mass is 10.1. The van der Waals surface area contributed by atoms with Crippen molar-refractivity contribution in [1.82, 2.24) is 15.5 Å². The van der Waals surface area contributed by atoms with Crippen LogP contribution in [0, 0.1) is 0 Å². The average molecular weight is 339 g/mol. The van der Waals surface area contributed by atoms with Crippen LogP contribution in [-0.2, 0) is 0 Å². The SMILES string of the molecule is COc1ccc(-c2ccc(OCCNC(=O)c3ccco3)nn2)cc1. The van der Waals surface area contributed by atoms with Gasteiger partial charge in [0.05, 0.1) is 25.6 Å². The van der Waals surface area contributed by atoms with Crippen LogP contribution in [0.5, 0.6) is 11.6 Å². The molecule has 0 aliphatic heterocycles. The normalized spacial score (nSPS) is 10.3. The summed E-state index contributed by atoms with van der Waals surface area (Å²) < 4.78 is 15.6. The van der Waals surface area contributed by atoms with Crippen molar-refractivity contribution in [3.8, 4) is 22.9 Å². The Kier molecular flexibility index (Phi) is 5.26. The van der Waals surface area contributed by atoms with Crippen molar-refractivity contribution in [2.24, 2.45) is 0 Å². The minimum atomic E-state index is -0.283. The Morgan fingerprint density at radius 1 is 1.12 bits per heavy atom. The third-order valence-electron chi connectivity index (χ3n) is 3.41. The first-order valence-corrected chi connectivity index (χ1v) is 7.69. The summed E-state index contributed by atoms with van der Waals surface area (Å²) in [6, 6.07) is 14.4. The van der Waals surface area contributed by atoms with Gasteiger partial charge in [-0.05, 0) is 42.5 Å². The monoisotopic (exact) mass is 339 g/mol. The van der Waals surface area contributed by atoms with Crippen LogP contribution in [0.2, 0.25) is 0 Å². The summed E-state index contributed by atoms with van der Waals surface area (Å²) in [4.78, 5) is 11.7. The fourth-order valence-electron chi connectivity index (χ4n) is 2.13. The maximum atomic E-state index is 11.7. The van der Waals surface area contributed by atoms with E-state index in [4.69, 9.17) is 13.9 Å². The van der Waals surface area contributed by atoms with E-state index in [0.717, 1.165) is 17.0 Å². The second kappa shape index (κ2) is 7.96. The Hall–Kier alpha value is -3.35. The van der Waals surface area contributed by atoms with Gasteiger partial charge in [-0.3, -0.25) is 4.79 Å². The van der Waals surface area contributed by atoms with Gasteiger partial charge in [0.15, 0.2) is 5.76 Å². The van der Waals surface area contributed by atoms with E-state index in [9.17, 15) is 4.79 Å². The molecule has 1 amide bonds. The lowest BCUT2D eigenvalue weighted by Crippen LogP contribution is -2.27. The highest BCUT2D eigenvalue weighted by Crippen LogP contribution is 2.20. The molecule has 3 aromatic rings. The minimum Gasteiger partial charge on any atom is -0.497 e. The molecule has 0 unspecified atom stereocenters. The van der Waals surface area contributed by atoms with E-state index in [1.807, 2.05) is 30.3 Å². The first-order chi connectivity index (χ1) is 12.3. The molecule has 0 aliphatic carbocycles. The van der Waals surface area contributed by atoms with Crippen molar-refractivity contribution in [1.29, 1.82) is 0 Å². The first kappa shape index (κ1) is 16.5. The molecule has 1 aromatic carbocycles. The fraction of sp³-hybridized carbons (Fsp3) is 0.167. The van der Waals surface area contributed by atoms with Gasteiger partial charge in [0.1, 0.15) is 12.4 Å². The summed E-state index contributed by atoms with van der Waals surface area (Å²) in [6.07, 6.45) is 1.45. The number of carbonyl (C=O) groups excluding carboxylic acids is 1. The molecule has 0 bridgehead atoms. The summed E-state index contributed by atoms with van der Waals surface area (Å²) in [5.41, 5.74) is 1.67. The highest BCUT2D eigenvalue weighted by Gasteiger charge is 2.07. The predicted octanol–water partition coefficient (Wildman–Crippen LogP) is 2.55. The molecule has 0 spiro atoms. The van der Waals surface area contributed by atoms with Crippen LogP contribution in [0.15, 0.2) is 59.2 Å². The van der Waals surface area contributed by atoms with Gasteiger partial charge in [-0.25, -0.2) is 0 Å². The van der Waals surface area contributed by atoms with Gasteiger partial charge in [0.2, 0.25) is 5.88 Å². The number of aromatic nitrogens is 2. The fourth-order valence-corrected chi connectivity index (χ4v) is 2.13. The second-order valence-corrected chi connectivity index (χ2v) is 5.07. The molecule has 0 fully saturated rings. The van der Waals surface area contributed by atoms with E-state index in [-0.39, 0.29) is 18.3 Å². The van der Waals surface area contributed by atoms with Crippen LogP contribution >= 0.6 is 0 Å². The molecule has 2 aromatic heterocycles. The van der Waals surface area contributed by atoms with Gasteiger partial charge >= 0.3 is 0 Å². The third kappa shape index (κ3) is 4.35. The number of furan rings is 1. The van der Waals surface area contributed by atoms with Crippen LogP contribution in [-0.4, -0.2) is 36.4 Å². The Bertz CT molecular complexity index is 799. The zero-order valence-electron chi connectivity index (χ0n) is 13.6. The number of carbonyl (C=O) groups is 1. The molecule has 0 radical (unpaired) electrons. The average Bonchev–Trinajstić information content (AvgIpc) is 3.21. The predicted molar refractivity (Wildman–Crippen MR) is 90.6 cm³/mol. The van der Waals surface area contributed by atoms with Gasteiger partial charge in [0.25, 0.3) is 5.91 Å². The van der Waals surface area contributed by atoms with E-state index in [1.165, 1.54) is 6.26 Å². The van der Waals surface area contributed by atoms with Gasteiger partial charge in [-0.1, -0.05) is 0 Å². The van der Waals surface area contributed by atoms with Crippen molar-refractivity contribution >= 4 is 5.91 Å². The van der Waals surface area contributed by atoms with Crippen LogP contribution in [0.4, 0.5) is 0 Å². The number of benzene rings is 1. The number of hydrogen-bond acceptors (Lipinski definition) is 6. The van der Waals surface area contributed by atoms with Crippen LogP contribution < -0.4 is 14.8 Å². The number of rotatable bonds is 7. The minimum absolute atomic E-state index is 0.267. The Labute approximate surface area is 144 Å². The maximum absolute atomic E-state index is 11.7. The lowest BCUT2D eigenvalue weighted by Gasteiger charge is -2.06. The van der Waals surface area contributed by atoms with E-state index in [2.05, 4.69) is 15.5 Å². The van der Waals surface area contributed by atoms with Crippen LogP contribution in [0.1, 0.15) is 10.6 Å². The molecular formula is C18H17N3O4. The zero-order chi connectivity index (χ0) is 17.5. The van der Waals surface area contributed by atoms with E-state index >= 15 is 0 Å². The van der Waals surface area contributed by atoms with Crippen molar-refractivity contribution in [3.05, 3.63) is 60.6 Å². The Morgan fingerprint density at radius 3 is 2.60 bits per heavy atom. The van der Waals surface area contributed by atoms with Crippen molar-refractivity contribution in [2.75, 3.05) is 20.3 Å². The highest BCUT2D eigenvalue weighted by atomic mass is 16.5. The summed E-state index contributed by atoms with van der Waals surface area (Å²) in [7, 11) is 1.62. The largest absolute Gasteiger partial charge is 0.497 e. The van der Waals surface area contributed by atoms with Crippen molar-refractivity contribution in [3.63, 3.8) is 0 Å². The smallest absolute Gasteiger partial charge is 0.287 e. The van der Waals surface area contributed by atoms with Gasteiger partial charge in [-0.2, -0.15) is 0 Å². The second-order valence-electron chi connectivity index (χ2n) is 5.07. The molecule has 7 nitrogen and oxygen atoms in total. The summed E-state index contributed by atoms with van der Waals surface area (Å²) >= 11 is 0.